The van der Waals surface area contributed by atoms with E-state index in [1.165, 1.54) is 16.8 Å². The van der Waals surface area contributed by atoms with E-state index < -0.39 is 32.0 Å². The molecule has 35 heavy (non-hydrogen) atoms. The maximum absolute atomic E-state index is 12.2. The number of para-hydroxylation sites is 1. The summed E-state index contributed by atoms with van der Waals surface area (Å²) in [6.45, 7) is 0.284. The molecule has 1 fully saturated rings. The van der Waals surface area contributed by atoms with Crippen LogP contribution in [0, 0.1) is 0 Å². The van der Waals surface area contributed by atoms with Gasteiger partial charge in [0, 0.05) is 12.3 Å². The lowest BCUT2D eigenvalue weighted by Crippen LogP contribution is -2.31. The molecule has 11 heteroatoms. The van der Waals surface area contributed by atoms with Gasteiger partial charge in [0.15, 0.2) is 0 Å². The Hall–Kier alpha value is -3.30. The Morgan fingerprint density at radius 2 is 1.80 bits per heavy atom. The molecular formula is C24H26N3O7P. The second kappa shape index (κ2) is 12.4. The molecule has 0 aliphatic carbocycles. The quantitative estimate of drug-likeness (QED) is 0.305. The Balaban J connectivity index is 1.29. The van der Waals surface area contributed by atoms with Crippen LogP contribution in [0.2, 0.25) is 0 Å². The zero-order chi connectivity index (χ0) is 24.5. The van der Waals surface area contributed by atoms with Crippen molar-refractivity contribution in [3.63, 3.8) is 0 Å². The Bertz CT molecular complexity index is 1200. The average Bonchev–Trinajstić information content (AvgIpc) is 3.34. The number of esters is 1. The minimum atomic E-state index is -1.68. The summed E-state index contributed by atoms with van der Waals surface area (Å²) in [5.41, 5.74) is -0.0787. The van der Waals surface area contributed by atoms with Crippen molar-refractivity contribution in [1.82, 2.24) is 14.6 Å². The Morgan fingerprint density at radius 3 is 2.54 bits per heavy atom. The first-order valence-electron chi connectivity index (χ1n) is 11.1. The summed E-state index contributed by atoms with van der Waals surface area (Å²) in [7, 11) is -1.68. The molecule has 3 atom stereocenters. The van der Waals surface area contributed by atoms with Crippen molar-refractivity contribution in [2.24, 2.45) is 0 Å². The van der Waals surface area contributed by atoms with Crippen LogP contribution in [0.15, 0.2) is 82.5 Å². The normalized spacial score (nSPS) is 18.2. The van der Waals surface area contributed by atoms with Gasteiger partial charge >= 0.3 is 20.2 Å². The molecule has 10 nitrogen and oxygen atoms in total. The number of carbonyl (C=O) groups excluding carboxylic acids is 1. The Kier molecular flexibility index (Phi) is 8.80. The molecule has 1 aromatic heterocycles. The van der Waals surface area contributed by atoms with Gasteiger partial charge in [0.05, 0.1) is 12.7 Å². The summed E-state index contributed by atoms with van der Waals surface area (Å²) in [4.78, 5) is 37.8. The van der Waals surface area contributed by atoms with E-state index in [0.29, 0.717) is 18.6 Å². The van der Waals surface area contributed by atoms with Crippen LogP contribution in [0.3, 0.4) is 0 Å². The molecule has 1 aliphatic heterocycles. The number of aromatic amines is 1. The van der Waals surface area contributed by atoms with Gasteiger partial charge < -0.3 is 18.5 Å². The molecule has 3 aromatic rings. The fourth-order valence-electron chi connectivity index (χ4n) is 3.42. The summed E-state index contributed by atoms with van der Waals surface area (Å²) >= 11 is 0. The minimum absolute atomic E-state index is 0.0910. The Morgan fingerprint density at radius 1 is 1.06 bits per heavy atom. The van der Waals surface area contributed by atoms with E-state index in [9.17, 15) is 14.4 Å². The number of nitrogens with one attached hydrogen (secondary N) is 2. The lowest BCUT2D eigenvalue weighted by Gasteiger charge is -2.21. The van der Waals surface area contributed by atoms with Gasteiger partial charge in [-0.1, -0.05) is 48.5 Å². The third kappa shape index (κ3) is 7.60. The number of benzene rings is 2. The molecule has 2 N–H and O–H groups in total. The lowest BCUT2D eigenvalue weighted by atomic mass is 10.2. The van der Waals surface area contributed by atoms with Crippen molar-refractivity contribution in [1.29, 1.82) is 0 Å². The summed E-state index contributed by atoms with van der Waals surface area (Å²) in [6.07, 6.45) is 1.90. The number of ether oxygens (including phenoxy) is 2. The number of nitrogens with zero attached hydrogens (tertiary/aromatic N) is 1. The van der Waals surface area contributed by atoms with Crippen LogP contribution in [-0.4, -0.2) is 34.8 Å². The zero-order valence-electron chi connectivity index (χ0n) is 18.9. The SMILES string of the molecule is O=C(CNP(OCC1CCC(n2ccc(=O)[nH]c2=O)O1)Oc1ccccc1)OCc1ccccc1. The molecule has 3 unspecified atom stereocenters. The number of rotatable bonds is 11. The van der Waals surface area contributed by atoms with Gasteiger partial charge in [-0.15, -0.1) is 0 Å². The van der Waals surface area contributed by atoms with Gasteiger partial charge in [-0.3, -0.25) is 19.1 Å². The first kappa shape index (κ1) is 24.8. The fraction of sp³-hybridized carbons (Fsp3) is 0.292. The molecule has 1 aliphatic rings. The van der Waals surface area contributed by atoms with Gasteiger partial charge in [0.25, 0.3) is 5.56 Å². The lowest BCUT2D eigenvalue weighted by molar-refractivity contribution is -0.143. The maximum atomic E-state index is 12.2. The molecule has 2 heterocycles. The molecule has 4 rings (SSSR count). The second-order valence-electron chi connectivity index (χ2n) is 7.75. The summed E-state index contributed by atoms with van der Waals surface area (Å²) in [5.74, 6) is 0.157. The third-order valence-corrected chi connectivity index (χ3v) is 6.33. The molecule has 0 bridgehead atoms. The van der Waals surface area contributed by atoms with Crippen LogP contribution >= 0.6 is 8.53 Å². The summed E-state index contributed by atoms with van der Waals surface area (Å²) < 4.78 is 24.4. The van der Waals surface area contributed by atoms with Gasteiger partial charge in [-0.05, 0) is 30.5 Å². The van der Waals surface area contributed by atoms with Crippen LogP contribution in [-0.2, 0) is 25.4 Å². The number of hydrogen-bond acceptors (Lipinski definition) is 8. The van der Waals surface area contributed by atoms with Crippen LogP contribution in [0.5, 0.6) is 5.75 Å². The van der Waals surface area contributed by atoms with E-state index in [-0.39, 0.29) is 25.9 Å². The van der Waals surface area contributed by atoms with Crippen LogP contribution in [0.25, 0.3) is 0 Å². The minimum Gasteiger partial charge on any atom is -0.460 e. The highest BCUT2D eigenvalue weighted by molar-refractivity contribution is 7.45. The molecule has 0 spiro atoms. The third-order valence-electron chi connectivity index (χ3n) is 5.15. The van der Waals surface area contributed by atoms with Gasteiger partial charge in [0.2, 0.25) is 0 Å². The fourth-order valence-corrected chi connectivity index (χ4v) is 4.50. The first-order chi connectivity index (χ1) is 17.1. The summed E-state index contributed by atoms with van der Waals surface area (Å²) in [6, 6.07) is 19.8. The average molecular weight is 499 g/mol. The van der Waals surface area contributed by atoms with Crippen molar-refractivity contribution in [3.8, 4) is 5.75 Å². The van der Waals surface area contributed by atoms with E-state index in [1.54, 1.807) is 12.1 Å². The largest absolute Gasteiger partial charge is 0.460 e. The topological polar surface area (TPSA) is 121 Å². The molecule has 2 aromatic carbocycles. The number of aromatic nitrogens is 2. The summed E-state index contributed by atoms with van der Waals surface area (Å²) in [5, 5.41) is 2.98. The standard InChI is InChI=1S/C24H26N3O7P/c28-21-13-14-27(24(30)26-21)22-12-11-20(33-22)17-32-35(34-19-9-5-2-6-10-19)25-15-23(29)31-16-18-7-3-1-4-8-18/h1-10,13-14,20,22,25H,11-12,15-17H2,(H,26,28,30). The Labute approximate surface area is 202 Å². The van der Waals surface area contributed by atoms with Gasteiger partial charge in [0.1, 0.15) is 25.1 Å². The maximum Gasteiger partial charge on any atom is 0.330 e. The zero-order valence-corrected chi connectivity index (χ0v) is 19.8. The van der Waals surface area contributed by atoms with Gasteiger partial charge in [-0.25, -0.2) is 9.88 Å². The molecular weight excluding hydrogens is 473 g/mol. The number of carbonyl (C=O) groups is 1. The van der Waals surface area contributed by atoms with E-state index in [0.717, 1.165) is 5.56 Å². The molecule has 0 radical (unpaired) electrons. The van der Waals surface area contributed by atoms with Crippen molar-refractivity contribution >= 4 is 14.5 Å². The molecule has 0 saturated carbocycles. The van der Waals surface area contributed by atoms with E-state index in [2.05, 4.69) is 10.1 Å². The second-order valence-corrected chi connectivity index (χ2v) is 9.02. The van der Waals surface area contributed by atoms with Gasteiger partial charge in [-0.2, -0.15) is 0 Å². The van der Waals surface area contributed by atoms with Crippen molar-refractivity contribution in [2.75, 3.05) is 13.2 Å². The van der Waals surface area contributed by atoms with Crippen molar-refractivity contribution < 1.29 is 23.3 Å². The van der Waals surface area contributed by atoms with Crippen LogP contribution in [0.4, 0.5) is 0 Å². The van der Waals surface area contributed by atoms with Crippen LogP contribution in [0.1, 0.15) is 24.6 Å². The van der Waals surface area contributed by atoms with E-state index in [1.807, 2.05) is 48.5 Å². The predicted octanol–water partition coefficient (Wildman–Crippen LogP) is 2.87. The first-order valence-corrected chi connectivity index (χ1v) is 12.3. The van der Waals surface area contributed by atoms with Crippen molar-refractivity contribution in [2.45, 2.75) is 31.8 Å². The highest BCUT2D eigenvalue weighted by atomic mass is 31.2. The molecule has 0 amide bonds. The monoisotopic (exact) mass is 499 g/mol. The van der Waals surface area contributed by atoms with E-state index >= 15 is 0 Å². The number of hydrogen-bond donors (Lipinski definition) is 2. The van der Waals surface area contributed by atoms with E-state index in [4.69, 9.17) is 18.5 Å². The smallest absolute Gasteiger partial charge is 0.330 e. The highest BCUT2D eigenvalue weighted by Crippen LogP contribution is 2.37. The van der Waals surface area contributed by atoms with Crippen molar-refractivity contribution in [3.05, 3.63) is 99.3 Å². The molecule has 184 valence electrons. The number of H-pyrrole nitrogens is 1. The predicted molar refractivity (Wildman–Crippen MR) is 129 cm³/mol. The highest BCUT2D eigenvalue weighted by Gasteiger charge is 2.29. The van der Waals surface area contributed by atoms with Crippen LogP contribution < -0.4 is 20.9 Å². The molecule has 1 saturated heterocycles.